The molecule has 0 aliphatic rings. The third-order valence-electron chi connectivity index (χ3n) is 1.23. The zero-order valence-corrected chi connectivity index (χ0v) is 8.46. The molecule has 1 aromatic rings. The number of halogens is 3. The number of anilines is 2. The van der Waals surface area contributed by atoms with E-state index in [4.69, 9.17) is 34.7 Å². The largest absolute Gasteiger partial charge is 0.397 e. The molecule has 0 saturated heterocycles. The van der Waals surface area contributed by atoms with E-state index in [0.29, 0.717) is 25.9 Å². The van der Waals surface area contributed by atoms with E-state index in [9.17, 15) is 0 Å². The van der Waals surface area contributed by atoms with E-state index in [1.807, 2.05) is 0 Å². The number of nitrogens with two attached hydrogens (primary N) is 2. The molecule has 0 aliphatic heterocycles. The van der Waals surface area contributed by atoms with Gasteiger partial charge in [-0.15, -0.1) is 0 Å². The van der Waals surface area contributed by atoms with Crippen molar-refractivity contribution >= 4 is 50.5 Å². The van der Waals surface area contributed by atoms with Gasteiger partial charge in [0.05, 0.1) is 25.9 Å². The predicted octanol–water partition coefficient (Wildman–Crippen LogP) is 2.92. The highest BCUT2D eigenvalue weighted by molar-refractivity contribution is 9.10. The molecule has 2 nitrogen and oxygen atoms in total. The van der Waals surface area contributed by atoms with Crippen molar-refractivity contribution in [2.75, 3.05) is 11.5 Å². The lowest BCUT2D eigenvalue weighted by molar-refractivity contribution is 1.61. The Morgan fingerprint density at radius 3 is 2.36 bits per heavy atom. The van der Waals surface area contributed by atoms with Crippen LogP contribution in [-0.2, 0) is 0 Å². The monoisotopic (exact) mass is 254 g/mol. The van der Waals surface area contributed by atoms with Gasteiger partial charge in [0.1, 0.15) is 0 Å². The molecule has 0 aliphatic carbocycles. The molecule has 0 radical (unpaired) electrons. The topological polar surface area (TPSA) is 52.0 Å². The Morgan fingerprint density at radius 2 is 1.82 bits per heavy atom. The summed E-state index contributed by atoms with van der Waals surface area (Å²) in [4.78, 5) is 0. The van der Waals surface area contributed by atoms with Crippen LogP contribution in [0.2, 0.25) is 10.0 Å². The molecule has 5 heteroatoms. The van der Waals surface area contributed by atoms with Crippen LogP contribution in [0.15, 0.2) is 10.5 Å². The van der Waals surface area contributed by atoms with Crippen LogP contribution in [0.25, 0.3) is 0 Å². The summed E-state index contributed by atoms with van der Waals surface area (Å²) in [6.45, 7) is 0. The lowest BCUT2D eigenvalue weighted by Crippen LogP contribution is -1.95. The van der Waals surface area contributed by atoms with Crippen molar-refractivity contribution in [3.8, 4) is 0 Å². The zero-order valence-electron chi connectivity index (χ0n) is 5.37. The summed E-state index contributed by atoms with van der Waals surface area (Å²) < 4.78 is 0.546. The SMILES string of the molecule is Nc1cc(Cl)c(Cl)c(Br)c1N. The van der Waals surface area contributed by atoms with E-state index in [1.54, 1.807) is 0 Å². The molecule has 0 saturated carbocycles. The molecule has 0 heterocycles. The summed E-state index contributed by atoms with van der Waals surface area (Å²) >= 11 is 14.6. The smallest absolute Gasteiger partial charge is 0.0756 e. The van der Waals surface area contributed by atoms with Gasteiger partial charge in [-0.05, 0) is 22.0 Å². The molecule has 0 unspecified atom stereocenters. The Hall–Kier alpha value is -0.120. The molecular weight excluding hydrogens is 251 g/mol. The Balaban J connectivity index is 3.46. The second-order valence-electron chi connectivity index (χ2n) is 1.99. The fourth-order valence-corrected chi connectivity index (χ4v) is 1.55. The van der Waals surface area contributed by atoms with Gasteiger partial charge < -0.3 is 11.5 Å². The van der Waals surface area contributed by atoms with E-state index in [2.05, 4.69) is 15.9 Å². The summed E-state index contributed by atoms with van der Waals surface area (Å²) in [5.74, 6) is 0. The number of hydrogen-bond acceptors (Lipinski definition) is 2. The second kappa shape index (κ2) is 3.09. The Bertz CT molecular complexity index is 275. The van der Waals surface area contributed by atoms with Crippen molar-refractivity contribution in [3.63, 3.8) is 0 Å². The molecule has 0 spiro atoms. The maximum Gasteiger partial charge on any atom is 0.0756 e. The first kappa shape index (κ1) is 8.97. The molecule has 0 aromatic heterocycles. The predicted molar refractivity (Wildman–Crippen MR) is 53.0 cm³/mol. The molecular formula is C6H5BrCl2N2. The van der Waals surface area contributed by atoms with Gasteiger partial charge in [-0.2, -0.15) is 0 Å². The number of rotatable bonds is 0. The first-order chi connectivity index (χ1) is 5.04. The summed E-state index contributed by atoms with van der Waals surface area (Å²) in [7, 11) is 0. The lowest BCUT2D eigenvalue weighted by atomic mass is 10.3. The van der Waals surface area contributed by atoms with Crippen LogP contribution in [-0.4, -0.2) is 0 Å². The van der Waals surface area contributed by atoms with Gasteiger partial charge in [0.2, 0.25) is 0 Å². The molecule has 0 amide bonds. The normalized spacial score (nSPS) is 10.1. The highest BCUT2D eigenvalue weighted by Crippen LogP contribution is 2.38. The van der Waals surface area contributed by atoms with E-state index in [0.717, 1.165) is 0 Å². The molecule has 0 atom stereocenters. The van der Waals surface area contributed by atoms with E-state index < -0.39 is 0 Å². The van der Waals surface area contributed by atoms with Gasteiger partial charge in [-0.1, -0.05) is 23.2 Å². The maximum absolute atomic E-state index is 5.74. The summed E-state index contributed by atoms with van der Waals surface area (Å²) in [6, 6.07) is 1.52. The van der Waals surface area contributed by atoms with Crippen molar-refractivity contribution in [3.05, 3.63) is 20.6 Å². The molecule has 11 heavy (non-hydrogen) atoms. The Labute approximate surface area is 82.6 Å². The van der Waals surface area contributed by atoms with Crippen molar-refractivity contribution in [2.45, 2.75) is 0 Å². The van der Waals surface area contributed by atoms with Crippen LogP contribution in [0.1, 0.15) is 0 Å². The van der Waals surface area contributed by atoms with Crippen LogP contribution in [0, 0.1) is 0 Å². The quantitative estimate of drug-likeness (QED) is 0.553. The standard InChI is InChI=1S/C6H5BrCl2N2/c7-4-5(9)2(8)1-3(10)6(4)11/h1H,10-11H2. The van der Waals surface area contributed by atoms with Gasteiger partial charge in [0.25, 0.3) is 0 Å². The van der Waals surface area contributed by atoms with Crippen molar-refractivity contribution < 1.29 is 0 Å². The molecule has 0 fully saturated rings. The van der Waals surface area contributed by atoms with Crippen molar-refractivity contribution in [1.82, 2.24) is 0 Å². The molecule has 4 N–H and O–H groups in total. The van der Waals surface area contributed by atoms with Crippen LogP contribution < -0.4 is 11.5 Å². The van der Waals surface area contributed by atoms with Gasteiger partial charge >= 0.3 is 0 Å². The number of nitrogen functional groups attached to an aromatic ring is 2. The van der Waals surface area contributed by atoms with Crippen LogP contribution in [0.3, 0.4) is 0 Å². The van der Waals surface area contributed by atoms with Crippen LogP contribution in [0.4, 0.5) is 11.4 Å². The minimum atomic E-state index is 0.387. The van der Waals surface area contributed by atoms with Gasteiger partial charge in [-0.3, -0.25) is 0 Å². The summed E-state index contributed by atoms with van der Waals surface area (Å²) in [6.07, 6.45) is 0. The van der Waals surface area contributed by atoms with Gasteiger partial charge in [0.15, 0.2) is 0 Å². The van der Waals surface area contributed by atoms with Gasteiger partial charge in [-0.25, -0.2) is 0 Å². The van der Waals surface area contributed by atoms with E-state index in [-0.39, 0.29) is 0 Å². The second-order valence-corrected chi connectivity index (χ2v) is 3.57. The minimum absolute atomic E-state index is 0.387. The van der Waals surface area contributed by atoms with E-state index in [1.165, 1.54) is 6.07 Å². The minimum Gasteiger partial charge on any atom is -0.397 e. The summed E-state index contributed by atoms with van der Waals surface area (Å²) in [5.41, 5.74) is 11.9. The molecule has 1 rings (SSSR count). The Kier molecular flexibility index (Phi) is 2.52. The third kappa shape index (κ3) is 1.55. The third-order valence-corrected chi connectivity index (χ3v) is 3.07. The van der Waals surface area contributed by atoms with E-state index >= 15 is 0 Å². The molecule has 0 bridgehead atoms. The maximum atomic E-state index is 5.74. The van der Waals surface area contributed by atoms with Crippen molar-refractivity contribution in [2.24, 2.45) is 0 Å². The van der Waals surface area contributed by atoms with Gasteiger partial charge in [0, 0.05) is 0 Å². The average Bonchev–Trinajstić information content (AvgIpc) is 1.97. The lowest BCUT2D eigenvalue weighted by Gasteiger charge is -2.05. The molecule has 60 valence electrons. The zero-order chi connectivity index (χ0) is 8.59. The van der Waals surface area contributed by atoms with Crippen LogP contribution >= 0.6 is 39.1 Å². The first-order valence-corrected chi connectivity index (χ1v) is 4.27. The highest BCUT2D eigenvalue weighted by Gasteiger charge is 2.08. The highest BCUT2D eigenvalue weighted by atomic mass is 79.9. The Morgan fingerprint density at radius 1 is 1.27 bits per heavy atom. The average molecular weight is 256 g/mol. The number of benzene rings is 1. The fourth-order valence-electron chi connectivity index (χ4n) is 0.627. The molecule has 1 aromatic carbocycles. The fraction of sp³-hybridized carbons (Fsp3) is 0. The first-order valence-electron chi connectivity index (χ1n) is 2.72. The van der Waals surface area contributed by atoms with Crippen LogP contribution in [0.5, 0.6) is 0 Å². The van der Waals surface area contributed by atoms with Crippen molar-refractivity contribution in [1.29, 1.82) is 0 Å². The number of hydrogen-bond donors (Lipinski definition) is 2. The summed E-state index contributed by atoms with van der Waals surface area (Å²) in [5, 5.41) is 0.781.